The summed E-state index contributed by atoms with van der Waals surface area (Å²) in [7, 11) is 1.60. The van der Waals surface area contributed by atoms with Gasteiger partial charge in [-0.25, -0.2) is 0 Å². The van der Waals surface area contributed by atoms with Crippen molar-refractivity contribution in [3.63, 3.8) is 0 Å². The van der Waals surface area contributed by atoms with E-state index in [0.29, 0.717) is 25.5 Å². The second-order valence-corrected chi connectivity index (χ2v) is 5.43. The molecule has 1 aromatic rings. The molecule has 2 amide bonds. The van der Waals surface area contributed by atoms with Crippen LogP contribution in [0.15, 0.2) is 22.8 Å². The smallest absolute Gasteiger partial charge is 0.289 e. The number of carbonyl (C=O) groups excluding carboxylic acids is 2. The fourth-order valence-corrected chi connectivity index (χ4v) is 2.58. The molecular weight excluding hydrogens is 272 g/mol. The standard InChI is InChI=1S/C15H22N2O4/c1-11(10-20-2)16-14(18)12-5-3-7-17(9-12)15(19)13-6-4-8-21-13/h4,6,8,11-12H,3,5,7,9-10H2,1-2H3,(H,16,18)/t11-,12+/m0/s1. The van der Waals surface area contributed by atoms with E-state index in [9.17, 15) is 9.59 Å². The SMILES string of the molecule is COC[C@H](C)NC(=O)[C@@H]1CCCN(C(=O)c2ccco2)C1. The van der Waals surface area contributed by atoms with Gasteiger partial charge >= 0.3 is 0 Å². The third kappa shape index (κ3) is 4.07. The summed E-state index contributed by atoms with van der Waals surface area (Å²) in [5, 5.41) is 2.92. The van der Waals surface area contributed by atoms with Crippen LogP contribution in [0.25, 0.3) is 0 Å². The van der Waals surface area contributed by atoms with Gasteiger partial charge in [-0.15, -0.1) is 0 Å². The third-order valence-electron chi connectivity index (χ3n) is 3.62. The molecule has 0 aliphatic carbocycles. The molecule has 1 aliphatic heterocycles. The number of hydrogen-bond acceptors (Lipinski definition) is 4. The van der Waals surface area contributed by atoms with Gasteiger partial charge in [0, 0.05) is 26.2 Å². The molecule has 0 radical (unpaired) electrons. The van der Waals surface area contributed by atoms with Gasteiger partial charge in [0.05, 0.1) is 18.8 Å². The Kier molecular flexibility index (Phi) is 5.38. The van der Waals surface area contributed by atoms with Crippen molar-refractivity contribution in [3.05, 3.63) is 24.2 Å². The van der Waals surface area contributed by atoms with E-state index in [1.807, 2.05) is 6.92 Å². The summed E-state index contributed by atoms with van der Waals surface area (Å²) < 4.78 is 10.1. The Balaban J connectivity index is 1.91. The summed E-state index contributed by atoms with van der Waals surface area (Å²) in [5.74, 6) is -0.0142. The molecule has 2 heterocycles. The Hall–Kier alpha value is -1.82. The van der Waals surface area contributed by atoms with Gasteiger partial charge in [-0.1, -0.05) is 0 Å². The minimum absolute atomic E-state index is 0.0171. The zero-order valence-corrected chi connectivity index (χ0v) is 12.5. The summed E-state index contributed by atoms with van der Waals surface area (Å²) in [6.07, 6.45) is 3.10. The molecule has 6 nitrogen and oxygen atoms in total. The number of amides is 2. The predicted octanol–water partition coefficient (Wildman–Crippen LogP) is 1.28. The topological polar surface area (TPSA) is 71.8 Å². The molecule has 0 spiro atoms. The molecule has 2 atom stereocenters. The highest BCUT2D eigenvalue weighted by Crippen LogP contribution is 2.19. The Morgan fingerprint density at radius 3 is 3.05 bits per heavy atom. The van der Waals surface area contributed by atoms with Gasteiger partial charge in [-0.05, 0) is 31.9 Å². The van der Waals surface area contributed by atoms with Gasteiger partial charge < -0.3 is 19.4 Å². The minimum Gasteiger partial charge on any atom is -0.459 e. The van der Waals surface area contributed by atoms with E-state index in [2.05, 4.69) is 5.32 Å². The number of carbonyl (C=O) groups is 2. The van der Waals surface area contributed by atoms with Crippen LogP contribution in [0.2, 0.25) is 0 Å². The van der Waals surface area contributed by atoms with Crippen LogP contribution >= 0.6 is 0 Å². The van der Waals surface area contributed by atoms with E-state index in [0.717, 1.165) is 12.8 Å². The highest BCUT2D eigenvalue weighted by molar-refractivity contribution is 5.92. The van der Waals surface area contributed by atoms with E-state index in [-0.39, 0.29) is 23.8 Å². The summed E-state index contributed by atoms with van der Waals surface area (Å²) in [6, 6.07) is 3.30. The van der Waals surface area contributed by atoms with Crippen molar-refractivity contribution in [1.82, 2.24) is 10.2 Å². The van der Waals surface area contributed by atoms with Crippen LogP contribution in [-0.2, 0) is 9.53 Å². The molecule has 0 aromatic carbocycles. The molecule has 0 bridgehead atoms. The van der Waals surface area contributed by atoms with Crippen LogP contribution in [0.4, 0.5) is 0 Å². The molecule has 1 aliphatic rings. The lowest BCUT2D eigenvalue weighted by molar-refractivity contribution is -0.127. The predicted molar refractivity (Wildman–Crippen MR) is 76.8 cm³/mol. The highest BCUT2D eigenvalue weighted by Gasteiger charge is 2.30. The van der Waals surface area contributed by atoms with Crippen molar-refractivity contribution in [2.75, 3.05) is 26.8 Å². The number of likely N-dealkylation sites (tertiary alicyclic amines) is 1. The largest absolute Gasteiger partial charge is 0.459 e. The number of nitrogens with one attached hydrogen (secondary N) is 1. The lowest BCUT2D eigenvalue weighted by Crippen LogP contribution is -2.47. The molecular formula is C15H22N2O4. The third-order valence-corrected chi connectivity index (χ3v) is 3.62. The van der Waals surface area contributed by atoms with E-state index < -0.39 is 0 Å². The maximum atomic E-state index is 12.2. The van der Waals surface area contributed by atoms with Gasteiger partial charge in [-0.3, -0.25) is 9.59 Å². The van der Waals surface area contributed by atoms with Crippen molar-refractivity contribution in [2.24, 2.45) is 5.92 Å². The van der Waals surface area contributed by atoms with Crippen molar-refractivity contribution >= 4 is 11.8 Å². The number of ether oxygens (including phenoxy) is 1. The molecule has 0 unspecified atom stereocenters. The van der Waals surface area contributed by atoms with Gasteiger partial charge in [0.2, 0.25) is 5.91 Å². The van der Waals surface area contributed by atoms with E-state index >= 15 is 0 Å². The lowest BCUT2D eigenvalue weighted by Gasteiger charge is -2.32. The minimum atomic E-state index is -0.169. The number of rotatable bonds is 5. The number of nitrogens with zero attached hydrogens (tertiary/aromatic N) is 1. The number of hydrogen-bond donors (Lipinski definition) is 1. The summed E-state index contributed by atoms with van der Waals surface area (Å²) in [5.41, 5.74) is 0. The van der Waals surface area contributed by atoms with Gasteiger partial charge in [0.25, 0.3) is 5.91 Å². The van der Waals surface area contributed by atoms with Gasteiger partial charge in [-0.2, -0.15) is 0 Å². The Labute approximate surface area is 124 Å². The number of furan rings is 1. The average molecular weight is 294 g/mol. The first-order valence-electron chi connectivity index (χ1n) is 7.24. The van der Waals surface area contributed by atoms with Crippen molar-refractivity contribution < 1.29 is 18.7 Å². The first-order valence-corrected chi connectivity index (χ1v) is 7.24. The molecule has 21 heavy (non-hydrogen) atoms. The quantitative estimate of drug-likeness (QED) is 0.888. The van der Waals surface area contributed by atoms with E-state index in [1.54, 1.807) is 24.1 Å². The summed E-state index contributed by atoms with van der Waals surface area (Å²) >= 11 is 0. The molecule has 0 saturated carbocycles. The fourth-order valence-electron chi connectivity index (χ4n) is 2.58. The maximum Gasteiger partial charge on any atom is 0.289 e. The van der Waals surface area contributed by atoms with Crippen molar-refractivity contribution in [1.29, 1.82) is 0 Å². The van der Waals surface area contributed by atoms with Crippen LogP contribution in [0.1, 0.15) is 30.3 Å². The number of methoxy groups -OCH3 is 1. The normalized spacial score (nSPS) is 20.1. The second-order valence-electron chi connectivity index (χ2n) is 5.43. The van der Waals surface area contributed by atoms with E-state index in [4.69, 9.17) is 9.15 Å². The zero-order valence-electron chi connectivity index (χ0n) is 12.5. The fraction of sp³-hybridized carbons (Fsp3) is 0.600. The monoisotopic (exact) mass is 294 g/mol. The molecule has 6 heteroatoms. The van der Waals surface area contributed by atoms with Crippen LogP contribution < -0.4 is 5.32 Å². The Morgan fingerprint density at radius 1 is 1.57 bits per heavy atom. The van der Waals surface area contributed by atoms with Crippen LogP contribution in [0.3, 0.4) is 0 Å². The van der Waals surface area contributed by atoms with Gasteiger partial charge in [0.1, 0.15) is 0 Å². The summed E-state index contributed by atoms with van der Waals surface area (Å²) in [6.45, 7) is 3.48. The van der Waals surface area contributed by atoms with Crippen molar-refractivity contribution in [2.45, 2.75) is 25.8 Å². The highest BCUT2D eigenvalue weighted by atomic mass is 16.5. The van der Waals surface area contributed by atoms with Crippen LogP contribution in [0, 0.1) is 5.92 Å². The van der Waals surface area contributed by atoms with Crippen molar-refractivity contribution in [3.8, 4) is 0 Å². The lowest BCUT2D eigenvalue weighted by atomic mass is 9.96. The van der Waals surface area contributed by atoms with Gasteiger partial charge in [0.15, 0.2) is 5.76 Å². The molecule has 2 rings (SSSR count). The maximum absolute atomic E-state index is 12.2. The Morgan fingerprint density at radius 2 is 2.38 bits per heavy atom. The molecule has 1 N–H and O–H groups in total. The Bertz CT molecular complexity index is 472. The zero-order chi connectivity index (χ0) is 15.2. The first kappa shape index (κ1) is 15.6. The van der Waals surface area contributed by atoms with Crippen LogP contribution in [0.5, 0.6) is 0 Å². The molecule has 1 saturated heterocycles. The van der Waals surface area contributed by atoms with E-state index in [1.165, 1.54) is 6.26 Å². The average Bonchev–Trinajstić information content (AvgIpc) is 3.01. The molecule has 1 aromatic heterocycles. The molecule has 1 fully saturated rings. The number of piperidine rings is 1. The van der Waals surface area contributed by atoms with Crippen LogP contribution in [-0.4, -0.2) is 49.6 Å². The first-order chi connectivity index (χ1) is 10.1. The summed E-state index contributed by atoms with van der Waals surface area (Å²) in [4.78, 5) is 26.1. The molecule has 116 valence electrons. The second kappa shape index (κ2) is 7.26.